The fourth-order valence-corrected chi connectivity index (χ4v) is 13.6. The molecule has 0 rings (SSSR count). The molecule has 0 aromatic carbocycles. The molecule has 0 aliphatic rings. The summed E-state index contributed by atoms with van der Waals surface area (Å²) in [4.78, 5) is 0. The van der Waals surface area contributed by atoms with Gasteiger partial charge >= 0.3 is 0 Å². The molecule has 0 aliphatic carbocycles. The highest BCUT2D eigenvalue weighted by molar-refractivity contribution is 4.79. The Labute approximate surface area is 512 Å². The molecule has 0 aromatic rings. The van der Waals surface area contributed by atoms with Gasteiger partial charge in [-0.3, -0.25) is 0 Å². The minimum atomic E-state index is 0.885. The van der Waals surface area contributed by atoms with E-state index in [0.29, 0.717) is 0 Å². The Hall–Kier alpha value is 0. The van der Waals surface area contributed by atoms with Gasteiger partial charge in [-0.1, -0.05) is 490 Å². The van der Waals surface area contributed by atoms with E-state index in [1.807, 2.05) is 0 Å². The highest BCUT2D eigenvalue weighted by atomic mass is 14.2. The second-order valence-electron chi connectivity index (χ2n) is 28.0. The zero-order chi connectivity index (χ0) is 57.5. The summed E-state index contributed by atoms with van der Waals surface area (Å²) in [6.07, 6.45) is 111. The fourth-order valence-electron chi connectivity index (χ4n) is 13.6. The van der Waals surface area contributed by atoms with Gasteiger partial charge in [-0.05, 0) is 24.7 Å². The van der Waals surface area contributed by atoms with Gasteiger partial charge in [-0.15, -0.1) is 0 Å². The summed E-state index contributed by atoms with van der Waals surface area (Å²) in [7, 11) is 0. The quantitative estimate of drug-likeness (QED) is 0.0533. The zero-order valence-electron chi connectivity index (χ0n) is 57.4. The normalized spacial score (nSPS) is 12.6. The molecule has 0 heterocycles. The molecule has 0 saturated carbocycles. The third-order valence-corrected chi connectivity index (χ3v) is 19.5. The van der Waals surface area contributed by atoms with Crippen molar-refractivity contribution in [2.75, 3.05) is 0 Å². The van der Waals surface area contributed by atoms with Crippen molar-refractivity contribution in [3.8, 4) is 0 Å². The van der Waals surface area contributed by atoms with Gasteiger partial charge in [0.15, 0.2) is 0 Å². The minimum Gasteiger partial charge on any atom is -0.0654 e. The molecule has 2 unspecified atom stereocenters. The van der Waals surface area contributed by atoms with Gasteiger partial charge in [0, 0.05) is 0 Å². The first-order valence-electron chi connectivity index (χ1n) is 39.6. The molecule has 481 valence electrons. The smallest absolute Gasteiger partial charge is 0.0352 e. The SMILES string of the molecule is CCCCCCCCCCCCCCCCCCCCCCCCCCCC([CH]CC(C)CCCCCCCCCCCCCCCCCCCCCC)CCCCCCCCCCCCCCCCCCCCCCCCCC. The molecule has 1 radical (unpaired) electrons. The van der Waals surface area contributed by atoms with E-state index in [1.165, 1.54) is 469 Å². The van der Waals surface area contributed by atoms with Gasteiger partial charge in [0.1, 0.15) is 0 Å². The lowest BCUT2D eigenvalue weighted by molar-refractivity contribution is 0.402. The molecule has 0 N–H and O–H groups in total. The molecule has 0 spiro atoms. The summed E-state index contributed by atoms with van der Waals surface area (Å²) in [6, 6.07) is 0. The average Bonchev–Trinajstić information content (AvgIpc) is 3.46. The van der Waals surface area contributed by atoms with Crippen molar-refractivity contribution in [1.29, 1.82) is 0 Å². The van der Waals surface area contributed by atoms with Crippen molar-refractivity contribution in [2.45, 2.75) is 496 Å². The average molecular weight is 1120 g/mol. The highest BCUT2D eigenvalue weighted by Gasteiger charge is 2.12. The van der Waals surface area contributed by atoms with Crippen LogP contribution in [0.1, 0.15) is 496 Å². The van der Waals surface area contributed by atoms with Crippen molar-refractivity contribution < 1.29 is 0 Å². The molecular formula is C80H161. The Morgan fingerprint density at radius 2 is 0.287 bits per heavy atom. The predicted octanol–water partition coefficient (Wildman–Crippen LogP) is 31.0. The summed E-state index contributed by atoms with van der Waals surface area (Å²) in [5.41, 5.74) is 0. The van der Waals surface area contributed by atoms with E-state index in [9.17, 15) is 0 Å². The Kier molecular flexibility index (Phi) is 75.1. The van der Waals surface area contributed by atoms with Crippen LogP contribution in [0.5, 0.6) is 0 Å². The van der Waals surface area contributed by atoms with E-state index in [2.05, 4.69) is 34.1 Å². The van der Waals surface area contributed by atoms with Gasteiger partial charge in [0.2, 0.25) is 0 Å². The Morgan fingerprint density at radius 1 is 0.163 bits per heavy atom. The maximum Gasteiger partial charge on any atom is -0.0352 e. The van der Waals surface area contributed by atoms with Crippen molar-refractivity contribution >= 4 is 0 Å². The van der Waals surface area contributed by atoms with E-state index in [0.717, 1.165) is 11.8 Å². The maximum atomic E-state index is 2.85. The third kappa shape index (κ3) is 72.3. The van der Waals surface area contributed by atoms with Gasteiger partial charge in [0.25, 0.3) is 0 Å². The van der Waals surface area contributed by atoms with E-state index in [1.54, 1.807) is 0 Å². The lowest BCUT2D eigenvalue weighted by atomic mass is 9.86. The van der Waals surface area contributed by atoms with Crippen LogP contribution in [0.25, 0.3) is 0 Å². The predicted molar refractivity (Wildman–Crippen MR) is 371 cm³/mol. The molecule has 0 saturated heterocycles. The van der Waals surface area contributed by atoms with Crippen LogP contribution >= 0.6 is 0 Å². The second-order valence-corrected chi connectivity index (χ2v) is 28.0. The van der Waals surface area contributed by atoms with Crippen LogP contribution < -0.4 is 0 Å². The van der Waals surface area contributed by atoms with Crippen molar-refractivity contribution in [3.05, 3.63) is 6.42 Å². The molecule has 0 fully saturated rings. The molecule has 0 aromatic heterocycles. The number of unbranched alkanes of at least 4 members (excludes halogenated alkanes) is 66. The molecular weight excluding hydrogens is 961 g/mol. The van der Waals surface area contributed by atoms with Crippen LogP contribution in [-0.2, 0) is 0 Å². The van der Waals surface area contributed by atoms with Gasteiger partial charge < -0.3 is 0 Å². The lowest BCUT2D eigenvalue weighted by Gasteiger charge is -2.19. The van der Waals surface area contributed by atoms with Crippen molar-refractivity contribution in [2.24, 2.45) is 11.8 Å². The molecule has 0 nitrogen and oxygen atoms in total. The Morgan fingerprint density at radius 3 is 0.438 bits per heavy atom. The van der Waals surface area contributed by atoms with E-state index < -0.39 is 0 Å². The number of hydrogen-bond acceptors (Lipinski definition) is 0. The summed E-state index contributed by atoms with van der Waals surface area (Å²) >= 11 is 0. The monoisotopic (exact) mass is 1120 g/mol. The van der Waals surface area contributed by atoms with Crippen LogP contribution in [0.2, 0.25) is 0 Å². The van der Waals surface area contributed by atoms with Crippen LogP contribution in [-0.4, -0.2) is 0 Å². The van der Waals surface area contributed by atoms with E-state index in [-0.39, 0.29) is 0 Å². The fraction of sp³-hybridized carbons (Fsp3) is 0.988. The highest BCUT2D eigenvalue weighted by Crippen LogP contribution is 2.27. The molecule has 80 heavy (non-hydrogen) atoms. The van der Waals surface area contributed by atoms with E-state index in [4.69, 9.17) is 0 Å². The van der Waals surface area contributed by atoms with Crippen molar-refractivity contribution in [1.82, 2.24) is 0 Å². The van der Waals surface area contributed by atoms with Crippen molar-refractivity contribution in [3.63, 3.8) is 0 Å². The molecule has 0 bridgehead atoms. The zero-order valence-corrected chi connectivity index (χ0v) is 57.4. The Bertz CT molecular complexity index is 1010. The second kappa shape index (κ2) is 75.1. The summed E-state index contributed by atoms with van der Waals surface area (Å²) in [6.45, 7) is 9.54. The summed E-state index contributed by atoms with van der Waals surface area (Å²) < 4.78 is 0. The third-order valence-electron chi connectivity index (χ3n) is 19.5. The molecule has 0 aliphatic heterocycles. The molecule has 0 heteroatoms. The number of rotatable bonds is 75. The van der Waals surface area contributed by atoms with Crippen LogP contribution in [0, 0.1) is 18.3 Å². The topological polar surface area (TPSA) is 0 Å². The maximum absolute atomic E-state index is 2.85. The Balaban J connectivity index is 4.07. The standard InChI is InChI=1S/C80H161/c1-5-8-11-14-17-20-23-26-29-32-35-38-40-42-44-46-49-52-55-58-61-64-67-70-73-76-80(75-72-69-66-63-60-57-54-51-48-45-43-41-39-36-33-30-27-24-21-18-15-12-9-6-2)78-77-79(4)74-71-68-65-62-59-56-53-50-47-37-34-31-28-25-22-19-16-13-10-7-3/h78-80H,5-77H2,1-4H3. The largest absolute Gasteiger partial charge is 0.0654 e. The minimum absolute atomic E-state index is 0.885. The summed E-state index contributed by atoms with van der Waals surface area (Å²) in [5.74, 6) is 1.77. The van der Waals surface area contributed by atoms with Crippen LogP contribution in [0.4, 0.5) is 0 Å². The molecule has 2 atom stereocenters. The first-order chi connectivity index (χ1) is 39.7. The van der Waals surface area contributed by atoms with Crippen LogP contribution in [0.15, 0.2) is 0 Å². The van der Waals surface area contributed by atoms with Gasteiger partial charge in [0.05, 0.1) is 0 Å². The first-order valence-corrected chi connectivity index (χ1v) is 39.6. The van der Waals surface area contributed by atoms with E-state index >= 15 is 0 Å². The number of hydrogen-bond donors (Lipinski definition) is 0. The molecule has 0 amide bonds. The van der Waals surface area contributed by atoms with Crippen LogP contribution in [0.3, 0.4) is 0 Å². The first kappa shape index (κ1) is 80.0. The van der Waals surface area contributed by atoms with Gasteiger partial charge in [-0.2, -0.15) is 0 Å². The van der Waals surface area contributed by atoms with Gasteiger partial charge in [-0.25, -0.2) is 0 Å². The lowest BCUT2D eigenvalue weighted by Crippen LogP contribution is -2.06. The summed E-state index contributed by atoms with van der Waals surface area (Å²) in [5, 5.41) is 0.